The molecule has 106 valence electrons. The Labute approximate surface area is 119 Å². The van der Waals surface area contributed by atoms with E-state index in [4.69, 9.17) is 12.6 Å². The third-order valence-electron chi connectivity index (χ3n) is 5.23. The summed E-state index contributed by atoms with van der Waals surface area (Å²) in [7, 11) is 0. The van der Waals surface area contributed by atoms with Crippen LogP contribution in [0.1, 0.15) is 71.1 Å². The molecule has 2 heteroatoms. The largest absolute Gasteiger partial charge is 0.300 e. The smallest absolute Gasteiger partial charge is 0.00671 e. The summed E-state index contributed by atoms with van der Waals surface area (Å²) in [6.07, 6.45) is 14.3. The number of hydrogen-bond acceptors (Lipinski definition) is 2. The molecule has 1 saturated carbocycles. The number of rotatable bonds is 3. The van der Waals surface area contributed by atoms with E-state index >= 15 is 0 Å². The maximum absolute atomic E-state index is 4.73. The zero-order valence-electron chi connectivity index (χ0n) is 12.2. The molecule has 2 aliphatic rings. The van der Waals surface area contributed by atoms with E-state index in [1.54, 1.807) is 0 Å². The molecular formula is C16H31NS. The lowest BCUT2D eigenvalue weighted by molar-refractivity contribution is 0.119. The summed E-state index contributed by atoms with van der Waals surface area (Å²) in [6.45, 7) is 5.09. The van der Waals surface area contributed by atoms with Gasteiger partial charge in [-0.15, -0.1) is 0 Å². The molecule has 2 rings (SSSR count). The third-order valence-corrected chi connectivity index (χ3v) is 5.90. The first-order chi connectivity index (χ1) is 8.76. The summed E-state index contributed by atoms with van der Waals surface area (Å²) in [5.41, 5.74) is 0.526. The van der Waals surface area contributed by atoms with Crippen LogP contribution in [0.3, 0.4) is 0 Å². The molecule has 1 aliphatic carbocycles. The SMILES string of the molecule is CC1CCCCCN1CC1(CS)CCCCCC1. The average molecular weight is 269 g/mol. The van der Waals surface area contributed by atoms with E-state index in [2.05, 4.69) is 11.8 Å². The van der Waals surface area contributed by atoms with Crippen LogP contribution in [0.5, 0.6) is 0 Å². The first-order valence-corrected chi connectivity index (χ1v) is 8.74. The zero-order valence-corrected chi connectivity index (χ0v) is 13.1. The van der Waals surface area contributed by atoms with Crippen molar-refractivity contribution in [1.29, 1.82) is 0 Å². The lowest BCUT2D eigenvalue weighted by Crippen LogP contribution is -2.43. The maximum Gasteiger partial charge on any atom is 0.00671 e. The molecule has 0 N–H and O–H groups in total. The lowest BCUT2D eigenvalue weighted by Gasteiger charge is -2.39. The molecule has 2 fully saturated rings. The number of likely N-dealkylation sites (tertiary alicyclic amines) is 1. The van der Waals surface area contributed by atoms with Crippen LogP contribution in [0.2, 0.25) is 0 Å². The molecule has 0 bridgehead atoms. The van der Waals surface area contributed by atoms with Gasteiger partial charge in [-0.25, -0.2) is 0 Å². The highest BCUT2D eigenvalue weighted by atomic mass is 32.1. The van der Waals surface area contributed by atoms with Gasteiger partial charge in [-0.2, -0.15) is 12.6 Å². The van der Waals surface area contributed by atoms with Crippen molar-refractivity contribution < 1.29 is 0 Å². The van der Waals surface area contributed by atoms with Gasteiger partial charge in [-0.05, 0) is 50.3 Å². The van der Waals surface area contributed by atoms with E-state index in [9.17, 15) is 0 Å². The summed E-state index contributed by atoms with van der Waals surface area (Å²) >= 11 is 4.73. The Morgan fingerprint density at radius 2 is 1.67 bits per heavy atom. The number of nitrogens with zero attached hydrogens (tertiary/aromatic N) is 1. The van der Waals surface area contributed by atoms with Gasteiger partial charge < -0.3 is 4.90 Å². The molecule has 0 aromatic rings. The number of thiol groups is 1. The van der Waals surface area contributed by atoms with Gasteiger partial charge in [-0.3, -0.25) is 0 Å². The summed E-state index contributed by atoms with van der Waals surface area (Å²) in [4.78, 5) is 2.79. The van der Waals surface area contributed by atoms with Crippen LogP contribution in [0.25, 0.3) is 0 Å². The van der Waals surface area contributed by atoms with Crippen LogP contribution in [0, 0.1) is 5.41 Å². The van der Waals surface area contributed by atoms with Crippen LogP contribution < -0.4 is 0 Å². The Morgan fingerprint density at radius 3 is 2.33 bits per heavy atom. The Bertz CT molecular complexity index is 233. The van der Waals surface area contributed by atoms with Gasteiger partial charge in [-0.1, -0.05) is 38.5 Å². The van der Waals surface area contributed by atoms with Crippen molar-refractivity contribution in [3.8, 4) is 0 Å². The fourth-order valence-corrected chi connectivity index (χ4v) is 4.26. The Morgan fingerprint density at radius 1 is 1.00 bits per heavy atom. The van der Waals surface area contributed by atoms with E-state index in [0.29, 0.717) is 5.41 Å². The van der Waals surface area contributed by atoms with Crippen molar-refractivity contribution >= 4 is 12.6 Å². The van der Waals surface area contributed by atoms with Crippen molar-refractivity contribution in [3.05, 3.63) is 0 Å². The molecule has 1 nitrogen and oxygen atoms in total. The third kappa shape index (κ3) is 3.90. The summed E-state index contributed by atoms with van der Waals surface area (Å²) in [5.74, 6) is 1.09. The fraction of sp³-hybridized carbons (Fsp3) is 1.00. The molecule has 1 heterocycles. The summed E-state index contributed by atoms with van der Waals surface area (Å²) < 4.78 is 0. The quantitative estimate of drug-likeness (QED) is 0.582. The van der Waals surface area contributed by atoms with Crippen molar-refractivity contribution in [2.75, 3.05) is 18.8 Å². The average Bonchev–Trinajstić information content (AvgIpc) is 2.73. The minimum Gasteiger partial charge on any atom is -0.300 e. The first-order valence-electron chi connectivity index (χ1n) is 8.11. The molecule has 0 radical (unpaired) electrons. The van der Waals surface area contributed by atoms with Crippen LogP contribution in [-0.2, 0) is 0 Å². The maximum atomic E-state index is 4.73. The Balaban J connectivity index is 1.98. The van der Waals surface area contributed by atoms with Gasteiger partial charge in [0.15, 0.2) is 0 Å². The van der Waals surface area contributed by atoms with E-state index in [1.807, 2.05) is 0 Å². The topological polar surface area (TPSA) is 3.24 Å². The molecular weight excluding hydrogens is 238 g/mol. The minimum atomic E-state index is 0.526. The van der Waals surface area contributed by atoms with Crippen LogP contribution in [0.15, 0.2) is 0 Å². The number of hydrogen-bond donors (Lipinski definition) is 1. The van der Waals surface area contributed by atoms with Crippen molar-refractivity contribution in [3.63, 3.8) is 0 Å². The molecule has 0 spiro atoms. The molecule has 1 aliphatic heterocycles. The zero-order chi connectivity index (χ0) is 12.8. The molecule has 1 atom stereocenters. The molecule has 1 saturated heterocycles. The molecule has 0 amide bonds. The molecule has 0 aromatic carbocycles. The summed E-state index contributed by atoms with van der Waals surface area (Å²) in [6, 6.07) is 0.799. The second-order valence-electron chi connectivity index (χ2n) is 6.74. The minimum absolute atomic E-state index is 0.526. The van der Waals surface area contributed by atoms with Crippen LogP contribution >= 0.6 is 12.6 Å². The highest BCUT2D eigenvalue weighted by Crippen LogP contribution is 2.37. The van der Waals surface area contributed by atoms with Gasteiger partial charge in [0.2, 0.25) is 0 Å². The van der Waals surface area contributed by atoms with Crippen LogP contribution in [0.4, 0.5) is 0 Å². The fourth-order valence-electron chi connectivity index (χ4n) is 3.84. The predicted molar refractivity (Wildman–Crippen MR) is 83.5 cm³/mol. The second-order valence-corrected chi connectivity index (χ2v) is 7.06. The highest BCUT2D eigenvalue weighted by molar-refractivity contribution is 7.80. The van der Waals surface area contributed by atoms with E-state index in [-0.39, 0.29) is 0 Å². The highest BCUT2D eigenvalue weighted by Gasteiger charge is 2.33. The summed E-state index contributed by atoms with van der Waals surface area (Å²) in [5, 5.41) is 0. The monoisotopic (exact) mass is 269 g/mol. The van der Waals surface area contributed by atoms with Crippen LogP contribution in [-0.4, -0.2) is 29.8 Å². The van der Waals surface area contributed by atoms with Gasteiger partial charge in [0.05, 0.1) is 0 Å². The lowest BCUT2D eigenvalue weighted by atomic mass is 9.81. The second kappa shape index (κ2) is 7.19. The van der Waals surface area contributed by atoms with Crippen molar-refractivity contribution in [1.82, 2.24) is 4.90 Å². The predicted octanol–water partition coefficient (Wildman–Crippen LogP) is 4.52. The molecule has 1 unspecified atom stereocenters. The Kier molecular flexibility index (Phi) is 5.88. The van der Waals surface area contributed by atoms with Crippen molar-refractivity contribution in [2.45, 2.75) is 77.2 Å². The normalized spacial score (nSPS) is 30.7. The first kappa shape index (κ1) is 14.7. The van der Waals surface area contributed by atoms with E-state index in [0.717, 1.165) is 11.8 Å². The van der Waals surface area contributed by atoms with Crippen molar-refractivity contribution in [2.24, 2.45) is 5.41 Å². The van der Waals surface area contributed by atoms with Gasteiger partial charge in [0.1, 0.15) is 0 Å². The van der Waals surface area contributed by atoms with Gasteiger partial charge in [0, 0.05) is 12.6 Å². The van der Waals surface area contributed by atoms with E-state index < -0.39 is 0 Å². The van der Waals surface area contributed by atoms with Gasteiger partial charge in [0.25, 0.3) is 0 Å². The molecule has 18 heavy (non-hydrogen) atoms. The standard InChI is InChI=1S/C16H31NS/c1-15-9-5-4-8-12-17(15)13-16(14-18)10-6-2-3-7-11-16/h15,18H,2-14H2,1H3. The van der Waals surface area contributed by atoms with E-state index in [1.165, 1.54) is 77.3 Å². The van der Waals surface area contributed by atoms with Gasteiger partial charge >= 0.3 is 0 Å². The molecule has 0 aromatic heterocycles. The Hall–Kier alpha value is 0.310.